The second-order valence-corrected chi connectivity index (χ2v) is 7.00. The van der Waals surface area contributed by atoms with Gasteiger partial charge in [0.1, 0.15) is 5.41 Å². The number of likely N-dealkylation sites (tertiary alicyclic amines) is 1. The molecule has 1 saturated carbocycles. The van der Waals surface area contributed by atoms with Gasteiger partial charge in [-0.3, -0.25) is 9.59 Å². The molecule has 1 N–H and O–H groups in total. The minimum Gasteiger partial charge on any atom is -0.355 e. The maximum absolute atomic E-state index is 12.6. The van der Waals surface area contributed by atoms with Gasteiger partial charge in [0, 0.05) is 19.6 Å². The van der Waals surface area contributed by atoms with Crippen molar-refractivity contribution in [1.29, 1.82) is 0 Å². The molecule has 2 aliphatic rings. The summed E-state index contributed by atoms with van der Waals surface area (Å²) in [5, 5.41) is 2.96. The predicted molar refractivity (Wildman–Crippen MR) is 79.1 cm³/mol. The lowest BCUT2D eigenvalue weighted by Gasteiger charge is -2.32. The van der Waals surface area contributed by atoms with Crippen molar-refractivity contribution >= 4 is 11.8 Å². The van der Waals surface area contributed by atoms with E-state index < -0.39 is 5.41 Å². The van der Waals surface area contributed by atoms with Crippen LogP contribution in [0.1, 0.15) is 52.9 Å². The standard InChI is InChI=1S/C16H28N2O2/c1-12(2)4-9-17-14(19)16(7-8-16)15(20)18-10-5-13(3)6-11-18/h12-13H,4-11H2,1-3H3,(H,17,19). The van der Waals surface area contributed by atoms with Crippen molar-refractivity contribution in [2.75, 3.05) is 19.6 Å². The quantitative estimate of drug-likeness (QED) is 0.785. The Morgan fingerprint density at radius 3 is 2.35 bits per heavy atom. The maximum Gasteiger partial charge on any atom is 0.238 e. The smallest absolute Gasteiger partial charge is 0.238 e. The molecule has 0 aromatic carbocycles. The highest BCUT2D eigenvalue weighted by Crippen LogP contribution is 2.48. The normalized spacial score (nSPS) is 21.9. The van der Waals surface area contributed by atoms with E-state index in [1.165, 1.54) is 0 Å². The van der Waals surface area contributed by atoms with Crippen LogP contribution in [0.5, 0.6) is 0 Å². The molecule has 114 valence electrons. The van der Waals surface area contributed by atoms with Crippen molar-refractivity contribution < 1.29 is 9.59 Å². The van der Waals surface area contributed by atoms with E-state index in [0.29, 0.717) is 18.4 Å². The van der Waals surface area contributed by atoms with E-state index in [2.05, 4.69) is 26.1 Å². The van der Waals surface area contributed by atoms with Crippen molar-refractivity contribution in [3.63, 3.8) is 0 Å². The zero-order chi connectivity index (χ0) is 14.8. The summed E-state index contributed by atoms with van der Waals surface area (Å²) in [6.45, 7) is 8.83. The molecular weight excluding hydrogens is 252 g/mol. The van der Waals surface area contributed by atoms with Crippen LogP contribution in [0.2, 0.25) is 0 Å². The third-order valence-corrected chi connectivity index (χ3v) is 4.67. The van der Waals surface area contributed by atoms with Gasteiger partial charge in [-0.15, -0.1) is 0 Å². The highest BCUT2D eigenvalue weighted by molar-refractivity contribution is 6.07. The Morgan fingerprint density at radius 1 is 1.25 bits per heavy atom. The average molecular weight is 280 g/mol. The van der Waals surface area contributed by atoms with Crippen LogP contribution in [0.25, 0.3) is 0 Å². The van der Waals surface area contributed by atoms with E-state index >= 15 is 0 Å². The van der Waals surface area contributed by atoms with Gasteiger partial charge in [-0.25, -0.2) is 0 Å². The molecule has 1 heterocycles. The van der Waals surface area contributed by atoms with Gasteiger partial charge >= 0.3 is 0 Å². The molecule has 0 aromatic rings. The molecule has 4 heteroatoms. The van der Waals surface area contributed by atoms with Crippen LogP contribution in [-0.4, -0.2) is 36.3 Å². The third-order valence-electron chi connectivity index (χ3n) is 4.67. The van der Waals surface area contributed by atoms with Gasteiger partial charge in [0.05, 0.1) is 0 Å². The zero-order valence-electron chi connectivity index (χ0n) is 13.1. The summed E-state index contributed by atoms with van der Waals surface area (Å²) in [6.07, 6.45) is 4.56. The van der Waals surface area contributed by atoms with Gasteiger partial charge < -0.3 is 10.2 Å². The Balaban J connectivity index is 1.86. The molecule has 1 aliphatic carbocycles. The van der Waals surface area contributed by atoms with E-state index in [0.717, 1.165) is 45.2 Å². The number of amides is 2. The summed E-state index contributed by atoms with van der Waals surface area (Å²) in [5.74, 6) is 1.31. The maximum atomic E-state index is 12.6. The molecule has 0 atom stereocenters. The number of carbonyl (C=O) groups is 2. The molecule has 1 aliphatic heterocycles. The molecular formula is C16H28N2O2. The molecule has 0 unspecified atom stereocenters. The predicted octanol–water partition coefficient (Wildman–Crippen LogP) is 2.19. The number of nitrogens with one attached hydrogen (secondary N) is 1. The van der Waals surface area contributed by atoms with E-state index in [4.69, 9.17) is 0 Å². The Labute approximate surface area is 122 Å². The monoisotopic (exact) mass is 280 g/mol. The molecule has 0 aromatic heterocycles. The Kier molecular flexibility index (Phi) is 4.71. The summed E-state index contributed by atoms with van der Waals surface area (Å²) in [6, 6.07) is 0. The summed E-state index contributed by atoms with van der Waals surface area (Å²) < 4.78 is 0. The first-order valence-electron chi connectivity index (χ1n) is 8.03. The van der Waals surface area contributed by atoms with Gasteiger partial charge in [-0.05, 0) is 43.9 Å². The highest BCUT2D eigenvalue weighted by Gasteiger charge is 2.57. The van der Waals surface area contributed by atoms with E-state index in [1.807, 2.05) is 4.90 Å². The molecule has 2 rings (SSSR count). The van der Waals surface area contributed by atoms with E-state index in [9.17, 15) is 9.59 Å². The second kappa shape index (κ2) is 6.15. The summed E-state index contributed by atoms with van der Waals surface area (Å²) in [5.41, 5.74) is -0.711. The SMILES string of the molecule is CC(C)CCNC(=O)C1(C(=O)N2CCC(C)CC2)CC1. The minimum atomic E-state index is -0.711. The summed E-state index contributed by atoms with van der Waals surface area (Å²) in [4.78, 5) is 26.8. The molecule has 0 bridgehead atoms. The number of rotatable bonds is 5. The lowest BCUT2D eigenvalue weighted by atomic mass is 9.96. The topological polar surface area (TPSA) is 49.4 Å². The van der Waals surface area contributed by atoms with Crippen molar-refractivity contribution in [2.45, 2.75) is 52.9 Å². The summed E-state index contributed by atoms with van der Waals surface area (Å²) in [7, 11) is 0. The number of piperidine rings is 1. The van der Waals surface area contributed by atoms with Gasteiger partial charge in [-0.2, -0.15) is 0 Å². The lowest BCUT2D eigenvalue weighted by Crippen LogP contribution is -2.48. The molecule has 1 saturated heterocycles. The van der Waals surface area contributed by atoms with Crippen molar-refractivity contribution in [2.24, 2.45) is 17.3 Å². The minimum absolute atomic E-state index is 0.0400. The van der Waals surface area contributed by atoms with E-state index in [1.54, 1.807) is 0 Å². The van der Waals surface area contributed by atoms with Gasteiger partial charge in [0.15, 0.2) is 0 Å². The van der Waals surface area contributed by atoms with Crippen LogP contribution < -0.4 is 5.32 Å². The summed E-state index contributed by atoms with van der Waals surface area (Å²) >= 11 is 0. The second-order valence-electron chi connectivity index (χ2n) is 7.00. The van der Waals surface area contributed by atoms with Crippen LogP contribution in [0.4, 0.5) is 0 Å². The Morgan fingerprint density at radius 2 is 1.85 bits per heavy atom. The largest absolute Gasteiger partial charge is 0.355 e. The van der Waals surface area contributed by atoms with Gasteiger partial charge in [0.25, 0.3) is 0 Å². The number of hydrogen-bond donors (Lipinski definition) is 1. The van der Waals surface area contributed by atoms with Crippen LogP contribution >= 0.6 is 0 Å². The Hall–Kier alpha value is -1.06. The Bertz CT molecular complexity index is 367. The van der Waals surface area contributed by atoms with Crippen LogP contribution in [-0.2, 0) is 9.59 Å². The van der Waals surface area contributed by atoms with E-state index in [-0.39, 0.29) is 11.8 Å². The van der Waals surface area contributed by atoms with Crippen LogP contribution in [0.15, 0.2) is 0 Å². The first kappa shape index (κ1) is 15.3. The zero-order valence-corrected chi connectivity index (χ0v) is 13.1. The van der Waals surface area contributed by atoms with Gasteiger partial charge in [-0.1, -0.05) is 20.8 Å². The number of hydrogen-bond acceptors (Lipinski definition) is 2. The van der Waals surface area contributed by atoms with Crippen molar-refractivity contribution in [1.82, 2.24) is 10.2 Å². The average Bonchev–Trinajstić information content (AvgIpc) is 3.20. The van der Waals surface area contributed by atoms with Gasteiger partial charge in [0.2, 0.25) is 11.8 Å². The number of nitrogens with zero attached hydrogens (tertiary/aromatic N) is 1. The first-order chi connectivity index (χ1) is 9.45. The van der Waals surface area contributed by atoms with Crippen molar-refractivity contribution in [3.8, 4) is 0 Å². The number of carbonyl (C=O) groups excluding carboxylic acids is 2. The van der Waals surface area contributed by atoms with Crippen LogP contribution in [0, 0.1) is 17.3 Å². The van der Waals surface area contributed by atoms with Crippen molar-refractivity contribution in [3.05, 3.63) is 0 Å². The molecule has 2 amide bonds. The molecule has 0 spiro atoms. The fraction of sp³-hybridized carbons (Fsp3) is 0.875. The molecule has 20 heavy (non-hydrogen) atoms. The fourth-order valence-corrected chi connectivity index (χ4v) is 2.82. The highest BCUT2D eigenvalue weighted by atomic mass is 16.2. The lowest BCUT2D eigenvalue weighted by molar-refractivity contribution is -0.145. The molecule has 0 radical (unpaired) electrons. The third kappa shape index (κ3) is 3.33. The molecule has 4 nitrogen and oxygen atoms in total. The van der Waals surface area contributed by atoms with Crippen LogP contribution in [0.3, 0.4) is 0 Å². The fourth-order valence-electron chi connectivity index (χ4n) is 2.82. The first-order valence-corrected chi connectivity index (χ1v) is 8.03. The molecule has 2 fully saturated rings.